The van der Waals surface area contributed by atoms with Crippen LogP contribution < -0.4 is 14.8 Å². The van der Waals surface area contributed by atoms with E-state index in [9.17, 15) is 9.90 Å². The van der Waals surface area contributed by atoms with Crippen LogP contribution in [0, 0.1) is 0 Å². The van der Waals surface area contributed by atoms with Crippen LogP contribution in [0.1, 0.15) is 51.5 Å². The maximum absolute atomic E-state index is 12.9. The van der Waals surface area contributed by atoms with E-state index in [1.165, 1.54) is 33.5 Å². The van der Waals surface area contributed by atoms with Gasteiger partial charge in [-0.2, -0.15) is 0 Å². The lowest BCUT2D eigenvalue weighted by molar-refractivity contribution is -0.131. The van der Waals surface area contributed by atoms with Crippen molar-refractivity contribution in [2.75, 3.05) is 27.3 Å². The number of nitrogens with one attached hydrogen (secondary N) is 1. The number of carbonyl (C=O) groups excluding carboxylic acids is 1. The second-order valence-corrected chi connectivity index (χ2v) is 6.97. The van der Waals surface area contributed by atoms with Crippen molar-refractivity contribution in [3.63, 3.8) is 0 Å². The molecule has 27 heavy (non-hydrogen) atoms. The number of amides is 1. The number of aromatic hydroxyl groups is 1. The van der Waals surface area contributed by atoms with E-state index in [1.807, 2.05) is 4.90 Å². The van der Waals surface area contributed by atoms with Crippen molar-refractivity contribution < 1.29 is 19.4 Å². The third-order valence-corrected chi connectivity index (χ3v) is 4.93. The number of hydrogen-bond donors (Lipinski definition) is 2. The van der Waals surface area contributed by atoms with Crippen molar-refractivity contribution in [2.45, 2.75) is 52.0 Å². The molecule has 0 spiro atoms. The van der Waals surface area contributed by atoms with Gasteiger partial charge in [0.2, 0.25) is 5.75 Å². The Kier molecular flexibility index (Phi) is 7.82. The Morgan fingerprint density at radius 2 is 1.81 bits per heavy atom. The van der Waals surface area contributed by atoms with Gasteiger partial charge < -0.3 is 24.8 Å². The number of carbonyl (C=O) groups is 1. The minimum Gasteiger partial charge on any atom is -0.502 e. The Bertz CT molecular complexity index is 647. The van der Waals surface area contributed by atoms with Crippen LogP contribution in [-0.2, 0) is 4.79 Å². The number of phenolic OH excluding ortho intramolecular Hbond substituents is 1. The van der Waals surface area contributed by atoms with Crippen LogP contribution in [-0.4, -0.2) is 49.3 Å². The summed E-state index contributed by atoms with van der Waals surface area (Å²) in [7, 11) is 2.97. The molecule has 1 aromatic carbocycles. The molecule has 1 atom stereocenters. The monoisotopic (exact) mass is 376 g/mol. The fourth-order valence-electron chi connectivity index (χ4n) is 3.28. The molecular formula is C21H32N2O4. The summed E-state index contributed by atoms with van der Waals surface area (Å²) in [5.74, 6) is 0.582. The molecule has 0 saturated carbocycles. The van der Waals surface area contributed by atoms with Gasteiger partial charge in [0.15, 0.2) is 11.5 Å². The van der Waals surface area contributed by atoms with Gasteiger partial charge in [0.1, 0.15) is 5.70 Å². The molecular weight excluding hydrogens is 344 g/mol. The number of rotatable bonds is 9. The summed E-state index contributed by atoms with van der Waals surface area (Å²) >= 11 is 0. The summed E-state index contributed by atoms with van der Waals surface area (Å²) in [4.78, 5) is 14.9. The first-order chi connectivity index (χ1) is 13.0. The zero-order valence-electron chi connectivity index (χ0n) is 16.9. The van der Waals surface area contributed by atoms with Gasteiger partial charge in [-0.05, 0) is 37.1 Å². The van der Waals surface area contributed by atoms with Crippen LogP contribution in [0.4, 0.5) is 0 Å². The number of unbranched alkanes of at least 4 members (excludes halogenated alkanes) is 4. The first-order valence-corrected chi connectivity index (χ1v) is 9.73. The normalized spacial score (nSPS) is 18.5. The molecule has 0 radical (unpaired) electrons. The van der Waals surface area contributed by atoms with Crippen molar-refractivity contribution in [1.82, 2.24) is 10.2 Å². The van der Waals surface area contributed by atoms with Gasteiger partial charge in [-0.1, -0.05) is 32.6 Å². The van der Waals surface area contributed by atoms with E-state index in [1.54, 1.807) is 18.2 Å². The van der Waals surface area contributed by atoms with Crippen molar-refractivity contribution in [3.05, 3.63) is 23.4 Å². The average molecular weight is 376 g/mol. The Balaban J connectivity index is 2.14. The Morgan fingerprint density at radius 3 is 2.41 bits per heavy atom. The first kappa shape index (κ1) is 20.9. The molecule has 1 unspecified atom stereocenters. The highest BCUT2D eigenvalue weighted by atomic mass is 16.5. The van der Waals surface area contributed by atoms with Crippen molar-refractivity contribution in [2.24, 2.45) is 0 Å². The highest BCUT2D eigenvalue weighted by Gasteiger charge is 2.28. The maximum Gasteiger partial charge on any atom is 0.270 e. The largest absolute Gasteiger partial charge is 0.502 e. The quantitative estimate of drug-likeness (QED) is 0.509. The minimum atomic E-state index is -0.0487. The van der Waals surface area contributed by atoms with Crippen LogP contribution in [0.5, 0.6) is 17.2 Å². The zero-order valence-corrected chi connectivity index (χ0v) is 16.9. The van der Waals surface area contributed by atoms with Crippen LogP contribution >= 0.6 is 0 Å². The molecule has 0 aromatic heterocycles. The molecule has 6 nitrogen and oxygen atoms in total. The molecule has 0 bridgehead atoms. The van der Waals surface area contributed by atoms with E-state index in [4.69, 9.17) is 9.47 Å². The van der Waals surface area contributed by atoms with Crippen molar-refractivity contribution >= 4 is 12.0 Å². The van der Waals surface area contributed by atoms with E-state index in [2.05, 4.69) is 19.2 Å². The molecule has 2 N–H and O–H groups in total. The van der Waals surface area contributed by atoms with Gasteiger partial charge in [-0.25, -0.2) is 0 Å². The molecule has 0 aliphatic carbocycles. The molecule has 1 heterocycles. The maximum atomic E-state index is 12.9. The second-order valence-electron chi connectivity index (χ2n) is 6.97. The third-order valence-electron chi connectivity index (χ3n) is 4.93. The number of piperazine rings is 1. The van der Waals surface area contributed by atoms with Crippen molar-refractivity contribution in [3.8, 4) is 17.2 Å². The highest BCUT2D eigenvalue weighted by molar-refractivity contribution is 5.98. The fraction of sp³-hybridized carbons (Fsp3) is 0.571. The molecule has 1 aromatic rings. The molecule has 6 heteroatoms. The minimum absolute atomic E-state index is 0.00949. The number of phenols is 1. The third kappa shape index (κ3) is 5.31. The van der Waals surface area contributed by atoms with Crippen LogP contribution in [0.25, 0.3) is 6.08 Å². The fourth-order valence-corrected chi connectivity index (χ4v) is 3.28. The summed E-state index contributed by atoms with van der Waals surface area (Å²) < 4.78 is 10.4. The van der Waals surface area contributed by atoms with E-state index < -0.39 is 0 Å². The zero-order chi connectivity index (χ0) is 19.8. The lowest BCUT2D eigenvalue weighted by atomic mass is 10.1. The van der Waals surface area contributed by atoms with Gasteiger partial charge >= 0.3 is 0 Å². The number of nitrogens with zero attached hydrogens (tertiary/aromatic N) is 1. The molecule has 150 valence electrons. The van der Waals surface area contributed by atoms with Crippen LogP contribution in [0.15, 0.2) is 17.8 Å². The van der Waals surface area contributed by atoms with Gasteiger partial charge in [0, 0.05) is 19.1 Å². The van der Waals surface area contributed by atoms with E-state index in [0.29, 0.717) is 17.2 Å². The molecule has 1 saturated heterocycles. The average Bonchev–Trinajstić information content (AvgIpc) is 2.67. The van der Waals surface area contributed by atoms with E-state index in [-0.39, 0.29) is 17.7 Å². The summed E-state index contributed by atoms with van der Waals surface area (Å²) in [6.45, 7) is 5.77. The number of methoxy groups -OCH3 is 2. The summed E-state index contributed by atoms with van der Waals surface area (Å²) in [5, 5.41) is 13.3. The summed E-state index contributed by atoms with van der Waals surface area (Å²) in [6.07, 6.45) is 7.66. The van der Waals surface area contributed by atoms with Crippen LogP contribution in [0.3, 0.4) is 0 Å². The smallest absolute Gasteiger partial charge is 0.270 e. The van der Waals surface area contributed by atoms with E-state index in [0.717, 1.165) is 31.5 Å². The summed E-state index contributed by atoms with van der Waals surface area (Å²) in [5.41, 5.74) is 1.28. The van der Waals surface area contributed by atoms with E-state index >= 15 is 0 Å². The van der Waals surface area contributed by atoms with Gasteiger partial charge in [0.05, 0.1) is 14.2 Å². The summed E-state index contributed by atoms with van der Waals surface area (Å²) in [6, 6.07) is 3.55. The van der Waals surface area contributed by atoms with Gasteiger partial charge in [-0.15, -0.1) is 0 Å². The number of ether oxygens (including phenoxy) is 2. The Hall–Kier alpha value is -2.37. The lowest BCUT2D eigenvalue weighted by Crippen LogP contribution is -2.52. The second kappa shape index (κ2) is 10.1. The number of benzene rings is 1. The predicted molar refractivity (Wildman–Crippen MR) is 107 cm³/mol. The first-order valence-electron chi connectivity index (χ1n) is 9.73. The Labute approximate surface area is 162 Å². The van der Waals surface area contributed by atoms with Crippen LogP contribution in [0.2, 0.25) is 0 Å². The number of hydrogen-bond acceptors (Lipinski definition) is 5. The molecule has 1 amide bonds. The van der Waals surface area contributed by atoms with Gasteiger partial charge in [-0.3, -0.25) is 4.79 Å². The molecule has 2 rings (SSSR count). The molecule has 1 aliphatic heterocycles. The van der Waals surface area contributed by atoms with Crippen molar-refractivity contribution in [1.29, 1.82) is 0 Å². The molecule has 1 aliphatic rings. The topological polar surface area (TPSA) is 71.0 Å². The van der Waals surface area contributed by atoms with Gasteiger partial charge in [0.25, 0.3) is 5.91 Å². The highest BCUT2D eigenvalue weighted by Crippen LogP contribution is 2.37. The predicted octanol–water partition coefficient (Wildman–Crippen LogP) is 3.54. The molecule has 1 fully saturated rings. The SMILES string of the molecule is CCCCCCCN1C(=O)/C(=C/c2cc(OC)c(O)c(OC)c2)NCC1C. The Morgan fingerprint density at radius 1 is 1.19 bits per heavy atom. The standard InChI is InChI=1S/C21H32N2O4/c1-5-6-7-8-9-10-23-15(2)14-22-17(21(23)25)11-16-12-18(26-3)20(24)19(13-16)27-4/h11-13,15,22,24H,5-10,14H2,1-4H3/b17-11-. The lowest BCUT2D eigenvalue weighted by Gasteiger charge is -2.35.